The highest BCUT2D eigenvalue weighted by molar-refractivity contribution is 5.83. The highest BCUT2D eigenvalue weighted by Crippen LogP contribution is 2.40. The topological polar surface area (TPSA) is 36.3 Å². The van der Waals surface area contributed by atoms with E-state index in [1.165, 1.54) is 25.7 Å². The molecule has 3 rings (SSSR count). The monoisotopic (exact) mass is 194 g/mol. The van der Waals surface area contributed by atoms with Gasteiger partial charge in [0, 0.05) is 19.0 Å². The molecule has 3 unspecified atom stereocenters. The molecule has 1 N–H and O–H groups in total. The number of rotatable bonds is 1. The summed E-state index contributed by atoms with van der Waals surface area (Å²) in [4.78, 5) is 2.26. The lowest BCUT2D eigenvalue weighted by molar-refractivity contribution is 0.0984. The Kier molecular flexibility index (Phi) is 2.01. The van der Waals surface area contributed by atoms with E-state index in [0.717, 1.165) is 25.3 Å². The molecule has 0 aliphatic carbocycles. The molecule has 0 spiro atoms. The zero-order valence-electron chi connectivity index (χ0n) is 8.54. The van der Waals surface area contributed by atoms with Crippen molar-refractivity contribution < 1.29 is 4.74 Å². The largest absolute Gasteiger partial charge is 0.374 e. The van der Waals surface area contributed by atoms with E-state index in [9.17, 15) is 0 Å². The fourth-order valence-electron chi connectivity index (χ4n) is 3.12. The molecule has 0 amide bonds. The van der Waals surface area contributed by atoms with E-state index in [0.29, 0.717) is 18.1 Å². The van der Waals surface area contributed by atoms with Crippen molar-refractivity contribution in [3.8, 4) is 0 Å². The van der Waals surface area contributed by atoms with Crippen LogP contribution < -0.4 is 0 Å². The van der Waals surface area contributed by atoms with Gasteiger partial charge < -0.3 is 9.64 Å². The summed E-state index contributed by atoms with van der Waals surface area (Å²) in [6.45, 7) is 2.21. The van der Waals surface area contributed by atoms with Crippen LogP contribution in [0.5, 0.6) is 0 Å². The predicted octanol–water partition coefficient (Wildman–Crippen LogP) is 1.63. The Morgan fingerprint density at radius 2 is 2.00 bits per heavy atom. The first-order valence-corrected chi connectivity index (χ1v) is 5.83. The van der Waals surface area contributed by atoms with Crippen LogP contribution in [0.15, 0.2) is 0 Å². The molecule has 2 bridgehead atoms. The Bertz CT molecular complexity index is 248. The Morgan fingerprint density at radius 1 is 1.21 bits per heavy atom. The van der Waals surface area contributed by atoms with Crippen molar-refractivity contribution in [3.63, 3.8) is 0 Å². The van der Waals surface area contributed by atoms with Crippen LogP contribution in [-0.2, 0) is 4.74 Å². The Hall–Kier alpha value is -0.570. The molecular weight excluding hydrogens is 176 g/mol. The van der Waals surface area contributed by atoms with E-state index in [1.54, 1.807) is 0 Å². The molecule has 3 saturated heterocycles. The Morgan fingerprint density at radius 3 is 2.57 bits per heavy atom. The maximum Gasteiger partial charge on any atom is 0.102 e. The van der Waals surface area contributed by atoms with Gasteiger partial charge in [0.15, 0.2) is 0 Å². The van der Waals surface area contributed by atoms with Gasteiger partial charge in [-0.25, -0.2) is 0 Å². The maximum atomic E-state index is 8.18. The molecule has 3 atom stereocenters. The van der Waals surface area contributed by atoms with Crippen LogP contribution in [0, 0.1) is 11.3 Å². The Balaban J connectivity index is 1.67. The third-order valence-electron chi connectivity index (χ3n) is 3.90. The molecule has 0 aromatic heterocycles. The second kappa shape index (κ2) is 3.23. The number of hydrogen-bond donors (Lipinski definition) is 1. The first kappa shape index (κ1) is 8.72. The van der Waals surface area contributed by atoms with E-state index in [4.69, 9.17) is 10.1 Å². The van der Waals surface area contributed by atoms with Crippen LogP contribution in [0.25, 0.3) is 0 Å². The standard InChI is InChI=1S/C11H18N2O/c12-11(13-5-1-2-6-13)9-7-8-3-4-10(9)14-8/h8-10,12H,1-7H2. The van der Waals surface area contributed by atoms with Gasteiger partial charge >= 0.3 is 0 Å². The molecule has 14 heavy (non-hydrogen) atoms. The van der Waals surface area contributed by atoms with Gasteiger partial charge in [0.05, 0.1) is 12.2 Å². The van der Waals surface area contributed by atoms with Gasteiger partial charge in [-0.05, 0) is 32.1 Å². The molecule has 0 aromatic carbocycles. The van der Waals surface area contributed by atoms with Crippen LogP contribution >= 0.6 is 0 Å². The van der Waals surface area contributed by atoms with Gasteiger partial charge in [-0.2, -0.15) is 0 Å². The smallest absolute Gasteiger partial charge is 0.102 e. The molecule has 3 aliphatic heterocycles. The number of nitrogens with zero attached hydrogens (tertiary/aromatic N) is 1. The molecule has 0 saturated carbocycles. The number of amidine groups is 1. The first-order valence-electron chi connectivity index (χ1n) is 5.83. The number of likely N-dealkylation sites (tertiary alicyclic amines) is 1. The minimum Gasteiger partial charge on any atom is -0.374 e. The number of fused-ring (bicyclic) bond motifs is 2. The van der Waals surface area contributed by atoms with Crippen LogP contribution in [0.1, 0.15) is 32.1 Å². The second-order valence-corrected chi connectivity index (χ2v) is 4.80. The molecule has 0 radical (unpaired) electrons. The summed E-state index contributed by atoms with van der Waals surface area (Å²) in [6, 6.07) is 0. The summed E-state index contributed by atoms with van der Waals surface area (Å²) in [5.41, 5.74) is 0. The lowest BCUT2D eigenvalue weighted by atomic mass is 9.88. The maximum absolute atomic E-state index is 8.18. The molecule has 0 aromatic rings. The molecule has 3 aliphatic rings. The predicted molar refractivity (Wildman–Crippen MR) is 54.5 cm³/mol. The van der Waals surface area contributed by atoms with Gasteiger partial charge in [0.25, 0.3) is 0 Å². The highest BCUT2D eigenvalue weighted by atomic mass is 16.5. The molecule has 3 fully saturated rings. The van der Waals surface area contributed by atoms with Crippen molar-refractivity contribution in [3.05, 3.63) is 0 Å². The molecule has 3 heteroatoms. The first-order chi connectivity index (χ1) is 6.84. The zero-order valence-corrected chi connectivity index (χ0v) is 8.54. The lowest BCUT2D eigenvalue weighted by Gasteiger charge is -2.27. The third-order valence-corrected chi connectivity index (χ3v) is 3.90. The summed E-state index contributed by atoms with van der Waals surface area (Å²) in [5, 5.41) is 8.18. The van der Waals surface area contributed by atoms with Crippen molar-refractivity contribution in [1.82, 2.24) is 4.90 Å². The zero-order chi connectivity index (χ0) is 9.54. The summed E-state index contributed by atoms with van der Waals surface area (Å²) in [5.74, 6) is 1.29. The van der Waals surface area contributed by atoms with Crippen molar-refractivity contribution in [2.24, 2.45) is 5.92 Å². The minimum atomic E-state index is 0.382. The SMILES string of the molecule is N=C(C1CC2CCC1O2)N1CCCC1. The van der Waals surface area contributed by atoms with E-state index in [-0.39, 0.29) is 0 Å². The van der Waals surface area contributed by atoms with Crippen LogP contribution in [0.2, 0.25) is 0 Å². The fraction of sp³-hybridized carbons (Fsp3) is 0.909. The van der Waals surface area contributed by atoms with Crippen molar-refractivity contribution in [2.45, 2.75) is 44.3 Å². The highest BCUT2D eigenvalue weighted by Gasteiger charge is 2.44. The minimum absolute atomic E-state index is 0.382. The van der Waals surface area contributed by atoms with Gasteiger partial charge in [0.2, 0.25) is 0 Å². The fourth-order valence-corrected chi connectivity index (χ4v) is 3.12. The normalized spacial score (nSPS) is 40.9. The number of nitrogens with one attached hydrogen (secondary N) is 1. The number of hydrogen-bond acceptors (Lipinski definition) is 2. The van der Waals surface area contributed by atoms with E-state index >= 15 is 0 Å². The lowest BCUT2D eigenvalue weighted by Crippen LogP contribution is -2.37. The quantitative estimate of drug-likeness (QED) is 0.508. The van der Waals surface area contributed by atoms with Gasteiger partial charge in [-0.15, -0.1) is 0 Å². The third kappa shape index (κ3) is 1.26. The van der Waals surface area contributed by atoms with E-state index < -0.39 is 0 Å². The second-order valence-electron chi connectivity index (χ2n) is 4.80. The molecule has 3 nitrogen and oxygen atoms in total. The van der Waals surface area contributed by atoms with Crippen molar-refractivity contribution in [1.29, 1.82) is 5.41 Å². The molecular formula is C11H18N2O. The average molecular weight is 194 g/mol. The Labute approximate surface area is 84.9 Å². The summed E-state index contributed by atoms with van der Waals surface area (Å²) < 4.78 is 5.80. The van der Waals surface area contributed by atoms with Gasteiger partial charge in [0.1, 0.15) is 5.84 Å². The van der Waals surface area contributed by atoms with Crippen molar-refractivity contribution in [2.75, 3.05) is 13.1 Å². The average Bonchev–Trinajstić information content (AvgIpc) is 2.93. The van der Waals surface area contributed by atoms with Crippen LogP contribution in [0.3, 0.4) is 0 Å². The molecule has 3 heterocycles. The van der Waals surface area contributed by atoms with Crippen LogP contribution in [0.4, 0.5) is 0 Å². The molecule has 78 valence electrons. The van der Waals surface area contributed by atoms with Gasteiger partial charge in [-0.1, -0.05) is 0 Å². The summed E-state index contributed by atoms with van der Waals surface area (Å²) >= 11 is 0. The van der Waals surface area contributed by atoms with E-state index in [2.05, 4.69) is 4.90 Å². The van der Waals surface area contributed by atoms with Crippen molar-refractivity contribution >= 4 is 5.84 Å². The summed E-state index contributed by atoms with van der Waals surface area (Å²) in [7, 11) is 0. The summed E-state index contributed by atoms with van der Waals surface area (Å²) in [6.07, 6.45) is 6.93. The van der Waals surface area contributed by atoms with Gasteiger partial charge in [-0.3, -0.25) is 5.41 Å². The van der Waals surface area contributed by atoms with E-state index in [1.807, 2.05) is 0 Å². The number of ether oxygens (including phenoxy) is 1. The van der Waals surface area contributed by atoms with Crippen LogP contribution in [-0.4, -0.2) is 36.0 Å².